The number of ether oxygens (including phenoxy) is 1. The summed E-state index contributed by atoms with van der Waals surface area (Å²) in [5, 5.41) is 6.64. The van der Waals surface area contributed by atoms with Gasteiger partial charge >= 0.3 is 0 Å². The van der Waals surface area contributed by atoms with Crippen LogP contribution in [0.4, 0.5) is 0 Å². The van der Waals surface area contributed by atoms with Crippen LogP contribution in [0.3, 0.4) is 0 Å². The van der Waals surface area contributed by atoms with Gasteiger partial charge in [-0.2, -0.15) is 0 Å². The van der Waals surface area contributed by atoms with Gasteiger partial charge in [0, 0.05) is 11.6 Å². The molecule has 1 N–H and O–H groups in total. The zero-order valence-corrected chi connectivity index (χ0v) is 13.0. The van der Waals surface area contributed by atoms with Crippen LogP contribution in [0, 0.1) is 6.92 Å². The number of hydrogen-bond donors (Lipinski definition) is 1. The SMILES string of the molecule is CCCOc1cncc(C(NCC)c2csc(C)n2)c1. The number of nitrogens with zero attached hydrogens (tertiary/aromatic N) is 2. The molecule has 0 radical (unpaired) electrons. The molecule has 1 unspecified atom stereocenters. The largest absolute Gasteiger partial charge is 0.492 e. The molecule has 4 nitrogen and oxygen atoms in total. The summed E-state index contributed by atoms with van der Waals surface area (Å²) >= 11 is 1.67. The molecule has 0 fully saturated rings. The lowest BCUT2D eigenvalue weighted by atomic mass is 10.1. The highest BCUT2D eigenvalue weighted by molar-refractivity contribution is 7.09. The monoisotopic (exact) mass is 291 g/mol. The van der Waals surface area contributed by atoms with Crippen LogP contribution >= 0.6 is 11.3 Å². The number of rotatable bonds is 7. The van der Waals surface area contributed by atoms with Crippen LogP contribution in [0.2, 0.25) is 0 Å². The van der Waals surface area contributed by atoms with Gasteiger partial charge in [0.2, 0.25) is 0 Å². The van der Waals surface area contributed by atoms with E-state index in [4.69, 9.17) is 4.74 Å². The van der Waals surface area contributed by atoms with E-state index in [1.165, 1.54) is 0 Å². The van der Waals surface area contributed by atoms with Gasteiger partial charge in [-0.25, -0.2) is 4.98 Å². The molecule has 0 spiro atoms. The van der Waals surface area contributed by atoms with E-state index in [9.17, 15) is 0 Å². The van der Waals surface area contributed by atoms with Gasteiger partial charge in [-0.1, -0.05) is 13.8 Å². The second-order valence-electron chi connectivity index (χ2n) is 4.58. The Labute approximate surface area is 124 Å². The van der Waals surface area contributed by atoms with E-state index in [0.29, 0.717) is 6.61 Å². The minimum absolute atomic E-state index is 0.0719. The lowest BCUT2D eigenvalue weighted by molar-refractivity contribution is 0.315. The van der Waals surface area contributed by atoms with E-state index >= 15 is 0 Å². The van der Waals surface area contributed by atoms with Crippen molar-refractivity contribution in [2.45, 2.75) is 33.2 Å². The Morgan fingerprint density at radius 1 is 1.35 bits per heavy atom. The molecule has 0 bridgehead atoms. The minimum atomic E-state index is 0.0719. The molecule has 2 heterocycles. The maximum absolute atomic E-state index is 5.66. The summed E-state index contributed by atoms with van der Waals surface area (Å²) in [5.41, 5.74) is 2.13. The number of thiazole rings is 1. The number of aromatic nitrogens is 2. The molecule has 5 heteroatoms. The number of hydrogen-bond acceptors (Lipinski definition) is 5. The van der Waals surface area contributed by atoms with Gasteiger partial charge < -0.3 is 10.1 Å². The van der Waals surface area contributed by atoms with Crippen molar-refractivity contribution >= 4 is 11.3 Å². The first-order valence-electron chi connectivity index (χ1n) is 6.97. The van der Waals surface area contributed by atoms with Crippen molar-refractivity contribution in [3.05, 3.63) is 40.1 Å². The number of nitrogens with one attached hydrogen (secondary N) is 1. The average molecular weight is 291 g/mol. The number of aryl methyl sites for hydroxylation is 1. The van der Waals surface area contributed by atoms with Crippen molar-refractivity contribution in [3.8, 4) is 5.75 Å². The van der Waals surface area contributed by atoms with Gasteiger partial charge in [-0.3, -0.25) is 4.98 Å². The van der Waals surface area contributed by atoms with Gasteiger partial charge in [0.05, 0.1) is 29.5 Å². The third kappa shape index (κ3) is 3.77. The first-order chi connectivity index (χ1) is 9.74. The third-order valence-corrected chi connectivity index (χ3v) is 3.67. The zero-order chi connectivity index (χ0) is 14.4. The summed E-state index contributed by atoms with van der Waals surface area (Å²) in [6.45, 7) is 7.80. The Morgan fingerprint density at radius 2 is 2.20 bits per heavy atom. The van der Waals surface area contributed by atoms with E-state index in [0.717, 1.165) is 35.0 Å². The van der Waals surface area contributed by atoms with Crippen LogP contribution in [-0.2, 0) is 0 Å². The normalized spacial score (nSPS) is 12.3. The molecule has 0 aliphatic carbocycles. The van der Waals surface area contributed by atoms with Crippen molar-refractivity contribution in [3.63, 3.8) is 0 Å². The molecular formula is C15H21N3OS. The van der Waals surface area contributed by atoms with Crippen molar-refractivity contribution in [1.29, 1.82) is 0 Å². The van der Waals surface area contributed by atoms with E-state index in [1.54, 1.807) is 17.5 Å². The van der Waals surface area contributed by atoms with Crippen LogP contribution in [0.15, 0.2) is 23.8 Å². The molecule has 0 aliphatic rings. The molecule has 0 aliphatic heterocycles. The van der Waals surface area contributed by atoms with Crippen LogP contribution in [0.25, 0.3) is 0 Å². The topological polar surface area (TPSA) is 47.0 Å². The first kappa shape index (κ1) is 14.9. The van der Waals surface area contributed by atoms with Crippen LogP contribution < -0.4 is 10.1 Å². The fourth-order valence-corrected chi connectivity index (χ4v) is 2.64. The predicted molar refractivity (Wildman–Crippen MR) is 82.4 cm³/mol. The van der Waals surface area contributed by atoms with Gasteiger partial charge in [0.15, 0.2) is 0 Å². The molecule has 2 rings (SSSR count). The highest BCUT2D eigenvalue weighted by Crippen LogP contribution is 2.25. The lowest BCUT2D eigenvalue weighted by Gasteiger charge is -2.16. The molecule has 20 heavy (non-hydrogen) atoms. The molecule has 108 valence electrons. The second-order valence-corrected chi connectivity index (χ2v) is 5.65. The summed E-state index contributed by atoms with van der Waals surface area (Å²) in [4.78, 5) is 8.87. The smallest absolute Gasteiger partial charge is 0.137 e. The minimum Gasteiger partial charge on any atom is -0.492 e. The second kappa shape index (κ2) is 7.36. The average Bonchev–Trinajstić information content (AvgIpc) is 2.89. The molecule has 0 amide bonds. The van der Waals surface area contributed by atoms with Gasteiger partial charge in [0.1, 0.15) is 5.75 Å². The van der Waals surface area contributed by atoms with Gasteiger partial charge in [0.25, 0.3) is 0 Å². The summed E-state index contributed by atoms with van der Waals surface area (Å²) < 4.78 is 5.66. The summed E-state index contributed by atoms with van der Waals surface area (Å²) in [7, 11) is 0. The molecule has 0 aromatic carbocycles. The van der Waals surface area contributed by atoms with Gasteiger partial charge in [-0.05, 0) is 31.5 Å². The molecule has 0 saturated heterocycles. The summed E-state index contributed by atoms with van der Waals surface area (Å²) in [6, 6.07) is 2.12. The highest BCUT2D eigenvalue weighted by Gasteiger charge is 2.16. The highest BCUT2D eigenvalue weighted by atomic mass is 32.1. The van der Waals surface area contributed by atoms with E-state index in [1.807, 2.05) is 19.2 Å². The third-order valence-electron chi connectivity index (χ3n) is 2.88. The molecular weight excluding hydrogens is 270 g/mol. The lowest BCUT2D eigenvalue weighted by Crippen LogP contribution is -2.22. The Hall–Kier alpha value is -1.46. The Bertz CT molecular complexity index is 541. The van der Waals surface area contributed by atoms with Crippen LogP contribution in [0.1, 0.15) is 42.6 Å². The predicted octanol–water partition coefficient (Wildman–Crippen LogP) is 3.33. The van der Waals surface area contributed by atoms with Crippen LogP contribution in [0.5, 0.6) is 5.75 Å². The van der Waals surface area contributed by atoms with Crippen molar-refractivity contribution < 1.29 is 4.74 Å². The Morgan fingerprint density at radius 3 is 2.85 bits per heavy atom. The first-order valence-corrected chi connectivity index (χ1v) is 7.85. The summed E-state index contributed by atoms with van der Waals surface area (Å²) in [5.74, 6) is 0.819. The van der Waals surface area contributed by atoms with E-state index in [-0.39, 0.29) is 6.04 Å². The van der Waals surface area contributed by atoms with Crippen molar-refractivity contribution in [1.82, 2.24) is 15.3 Å². The van der Waals surface area contributed by atoms with Gasteiger partial charge in [-0.15, -0.1) is 11.3 Å². The fraction of sp³-hybridized carbons (Fsp3) is 0.467. The molecule has 1 atom stereocenters. The number of pyridine rings is 1. The maximum atomic E-state index is 5.66. The molecule has 2 aromatic rings. The van der Waals surface area contributed by atoms with E-state index in [2.05, 4.69) is 34.5 Å². The van der Waals surface area contributed by atoms with Crippen molar-refractivity contribution in [2.75, 3.05) is 13.2 Å². The Balaban J connectivity index is 2.24. The molecule has 0 saturated carbocycles. The fourth-order valence-electron chi connectivity index (χ4n) is 2.00. The van der Waals surface area contributed by atoms with E-state index < -0.39 is 0 Å². The zero-order valence-electron chi connectivity index (χ0n) is 12.2. The quantitative estimate of drug-likeness (QED) is 0.850. The Kier molecular flexibility index (Phi) is 5.49. The van der Waals surface area contributed by atoms with Crippen LogP contribution in [-0.4, -0.2) is 23.1 Å². The standard InChI is InChI=1S/C15H21N3OS/c1-4-6-19-13-7-12(8-16-9-13)15(17-5-2)14-10-20-11(3)18-14/h7-10,15,17H,4-6H2,1-3H3. The summed E-state index contributed by atoms with van der Waals surface area (Å²) in [6.07, 6.45) is 4.63. The van der Waals surface area contributed by atoms with Crippen molar-refractivity contribution in [2.24, 2.45) is 0 Å². The maximum Gasteiger partial charge on any atom is 0.137 e. The molecule has 2 aromatic heterocycles.